The number of Topliss-reactive ketones (excluding diaryl/α,β-unsaturated/α-hetero) is 1. The molecule has 0 aliphatic rings. The van der Waals surface area contributed by atoms with E-state index >= 15 is 0 Å². The highest BCUT2D eigenvalue weighted by molar-refractivity contribution is 7.99. The zero-order chi connectivity index (χ0) is 20.5. The maximum absolute atomic E-state index is 12.7. The van der Waals surface area contributed by atoms with E-state index in [1.54, 1.807) is 12.3 Å². The van der Waals surface area contributed by atoms with Gasteiger partial charge in [0.1, 0.15) is 5.75 Å². The summed E-state index contributed by atoms with van der Waals surface area (Å²) in [6.07, 6.45) is -1.25. The molecule has 2 aromatic heterocycles. The molecule has 0 atom stereocenters. The fourth-order valence-corrected chi connectivity index (χ4v) is 3.75. The summed E-state index contributed by atoms with van der Waals surface area (Å²) in [4.78, 5) is 16.8. The van der Waals surface area contributed by atoms with Crippen LogP contribution in [0, 0.1) is 13.8 Å². The van der Waals surface area contributed by atoms with Crippen molar-refractivity contribution in [2.75, 3.05) is 5.75 Å². The summed E-state index contributed by atoms with van der Waals surface area (Å²) in [6.45, 7) is 3.65. The van der Waals surface area contributed by atoms with Gasteiger partial charge in [-0.25, -0.2) is 4.98 Å². The number of ketones is 1. The molecule has 0 radical (unpaired) electrons. The van der Waals surface area contributed by atoms with E-state index in [9.17, 15) is 18.0 Å². The Morgan fingerprint density at radius 3 is 2.46 bits per heavy atom. The number of thioether (sulfide) groups is 1. The SMILES string of the molecule is Cc1cc(C(=O)CSc2nccn2C)c(C)n1-c1ccc(OC(F)(F)F)cc1. The topological polar surface area (TPSA) is 49.0 Å². The Kier molecular flexibility index (Phi) is 5.55. The van der Waals surface area contributed by atoms with Crippen molar-refractivity contribution in [3.8, 4) is 11.4 Å². The lowest BCUT2D eigenvalue weighted by Crippen LogP contribution is -2.17. The number of nitrogens with zero attached hydrogens (tertiary/aromatic N) is 3. The fraction of sp³-hybridized carbons (Fsp3) is 0.263. The van der Waals surface area contributed by atoms with Crippen LogP contribution in [-0.4, -0.2) is 32.0 Å². The number of aromatic nitrogens is 3. The molecule has 0 unspecified atom stereocenters. The first-order valence-electron chi connectivity index (χ1n) is 8.34. The minimum absolute atomic E-state index is 0.0376. The van der Waals surface area contributed by atoms with Gasteiger partial charge in [0.15, 0.2) is 10.9 Å². The summed E-state index contributed by atoms with van der Waals surface area (Å²) in [6, 6.07) is 7.34. The van der Waals surface area contributed by atoms with Crippen LogP contribution in [0.25, 0.3) is 5.69 Å². The van der Waals surface area contributed by atoms with Gasteiger partial charge < -0.3 is 13.9 Å². The molecule has 0 spiro atoms. The maximum atomic E-state index is 12.7. The Balaban J connectivity index is 1.79. The summed E-state index contributed by atoms with van der Waals surface area (Å²) in [5.74, 6) is -0.0844. The molecule has 1 aromatic carbocycles. The summed E-state index contributed by atoms with van der Waals surface area (Å²) in [5, 5.41) is 0.752. The van der Waals surface area contributed by atoms with Gasteiger partial charge in [-0.1, -0.05) is 11.8 Å². The predicted octanol–water partition coefficient (Wildman–Crippen LogP) is 4.70. The van der Waals surface area contributed by atoms with Crippen molar-refractivity contribution in [3.63, 3.8) is 0 Å². The lowest BCUT2D eigenvalue weighted by molar-refractivity contribution is -0.274. The Bertz CT molecular complexity index is 991. The second-order valence-electron chi connectivity index (χ2n) is 6.19. The standard InChI is InChI=1S/C19H18F3N3O2S/c1-12-10-16(17(26)11-28-18-23-8-9-24(18)3)13(2)25(12)14-4-6-15(7-5-14)27-19(20,21)22/h4-10H,11H2,1-3H3. The van der Waals surface area contributed by atoms with Gasteiger partial charge in [-0.15, -0.1) is 13.2 Å². The predicted molar refractivity (Wildman–Crippen MR) is 100 cm³/mol. The third-order valence-corrected chi connectivity index (χ3v) is 5.23. The number of hydrogen-bond acceptors (Lipinski definition) is 4. The van der Waals surface area contributed by atoms with E-state index in [2.05, 4.69) is 9.72 Å². The van der Waals surface area contributed by atoms with Crippen molar-refractivity contribution in [1.82, 2.24) is 14.1 Å². The molecule has 2 heterocycles. The fourth-order valence-electron chi connectivity index (χ4n) is 2.94. The van der Waals surface area contributed by atoms with E-state index in [1.165, 1.54) is 36.0 Å². The molecule has 0 fully saturated rings. The van der Waals surface area contributed by atoms with Crippen LogP contribution in [0.2, 0.25) is 0 Å². The molecule has 5 nitrogen and oxygen atoms in total. The average Bonchev–Trinajstić information content (AvgIpc) is 3.15. The number of halogens is 3. The Morgan fingerprint density at radius 1 is 1.21 bits per heavy atom. The van der Waals surface area contributed by atoms with Crippen LogP contribution in [0.3, 0.4) is 0 Å². The van der Waals surface area contributed by atoms with E-state index in [0.29, 0.717) is 11.3 Å². The van der Waals surface area contributed by atoms with Gasteiger partial charge in [0, 0.05) is 42.1 Å². The molecule has 3 rings (SSSR count). The molecule has 28 heavy (non-hydrogen) atoms. The van der Waals surface area contributed by atoms with Gasteiger partial charge >= 0.3 is 6.36 Å². The number of aryl methyl sites for hydroxylation is 2. The molecule has 0 saturated carbocycles. The van der Waals surface area contributed by atoms with Crippen molar-refractivity contribution >= 4 is 17.5 Å². The van der Waals surface area contributed by atoms with E-state index in [4.69, 9.17) is 0 Å². The number of benzene rings is 1. The number of carbonyl (C=O) groups excluding carboxylic acids is 1. The molecule has 0 aliphatic carbocycles. The van der Waals surface area contributed by atoms with Crippen LogP contribution in [-0.2, 0) is 7.05 Å². The third-order valence-electron chi connectivity index (χ3n) is 4.17. The van der Waals surface area contributed by atoms with Gasteiger partial charge in [-0.05, 0) is 44.2 Å². The molecule has 9 heteroatoms. The largest absolute Gasteiger partial charge is 0.573 e. The number of alkyl halides is 3. The molecule has 0 bridgehead atoms. The number of hydrogen-bond donors (Lipinski definition) is 0. The van der Waals surface area contributed by atoms with Crippen molar-refractivity contribution in [2.24, 2.45) is 7.05 Å². The van der Waals surface area contributed by atoms with Gasteiger partial charge in [-0.2, -0.15) is 0 Å². The monoisotopic (exact) mass is 409 g/mol. The van der Waals surface area contributed by atoms with E-state index in [-0.39, 0.29) is 17.3 Å². The van der Waals surface area contributed by atoms with E-state index in [1.807, 2.05) is 36.2 Å². The van der Waals surface area contributed by atoms with Gasteiger partial charge in [0.05, 0.1) is 5.75 Å². The minimum Gasteiger partial charge on any atom is -0.406 e. The van der Waals surface area contributed by atoms with Crippen LogP contribution in [0.5, 0.6) is 5.75 Å². The number of rotatable bonds is 6. The Morgan fingerprint density at radius 2 is 1.89 bits per heavy atom. The molecule has 3 aromatic rings. The van der Waals surface area contributed by atoms with Gasteiger partial charge in [-0.3, -0.25) is 4.79 Å². The summed E-state index contributed by atoms with van der Waals surface area (Å²) in [7, 11) is 1.86. The molecule has 148 valence electrons. The normalized spacial score (nSPS) is 11.6. The van der Waals surface area contributed by atoms with Crippen LogP contribution in [0.4, 0.5) is 13.2 Å². The van der Waals surface area contributed by atoms with Crippen molar-refractivity contribution < 1.29 is 22.7 Å². The average molecular weight is 409 g/mol. The van der Waals surface area contributed by atoms with Crippen LogP contribution < -0.4 is 4.74 Å². The Hall–Kier alpha value is -2.68. The van der Waals surface area contributed by atoms with Gasteiger partial charge in [0.2, 0.25) is 0 Å². The number of ether oxygens (including phenoxy) is 1. The summed E-state index contributed by atoms with van der Waals surface area (Å²) < 4.78 is 44.5. The smallest absolute Gasteiger partial charge is 0.406 e. The summed E-state index contributed by atoms with van der Waals surface area (Å²) in [5.41, 5.74) is 2.77. The number of imidazole rings is 1. The first kappa shape index (κ1) is 20.1. The van der Waals surface area contributed by atoms with Crippen molar-refractivity contribution in [1.29, 1.82) is 0 Å². The van der Waals surface area contributed by atoms with Crippen molar-refractivity contribution in [2.45, 2.75) is 25.4 Å². The maximum Gasteiger partial charge on any atom is 0.573 e. The molecule has 0 aliphatic heterocycles. The second-order valence-corrected chi connectivity index (χ2v) is 7.14. The highest BCUT2D eigenvalue weighted by atomic mass is 32.2. The molecule has 0 N–H and O–H groups in total. The zero-order valence-corrected chi connectivity index (χ0v) is 16.3. The van der Waals surface area contributed by atoms with Crippen LogP contribution in [0.15, 0.2) is 47.9 Å². The van der Waals surface area contributed by atoms with Crippen LogP contribution in [0.1, 0.15) is 21.7 Å². The lowest BCUT2D eigenvalue weighted by atomic mass is 10.2. The molecular formula is C19H18F3N3O2S. The number of carbonyl (C=O) groups is 1. The first-order valence-corrected chi connectivity index (χ1v) is 9.32. The third kappa shape index (κ3) is 4.41. The van der Waals surface area contributed by atoms with Crippen LogP contribution >= 0.6 is 11.8 Å². The van der Waals surface area contributed by atoms with E-state index in [0.717, 1.165) is 16.5 Å². The zero-order valence-electron chi connectivity index (χ0n) is 15.4. The Labute approximate surface area is 164 Å². The highest BCUT2D eigenvalue weighted by Crippen LogP contribution is 2.27. The highest BCUT2D eigenvalue weighted by Gasteiger charge is 2.31. The quantitative estimate of drug-likeness (QED) is 0.437. The van der Waals surface area contributed by atoms with Gasteiger partial charge in [0.25, 0.3) is 0 Å². The molecular weight excluding hydrogens is 391 g/mol. The lowest BCUT2D eigenvalue weighted by Gasteiger charge is -2.12. The molecule has 0 amide bonds. The van der Waals surface area contributed by atoms with Crippen molar-refractivity contribution in [3.05, 3.63) is 59.7 Å². The minimum atomic E-state index is -4.73. The first-order chi connectivity index (χ1) is 13.2. The van der Waals surface area contributed by atoms with E-state index < -0.39 is 6.36 Å². The summed E-state index contributed by atoms with van der Waals surface area (Å²) >= 11 is 1.35. The second kappa shape index (κ2) is 7.75. The molecule has 0 saturated heterocycles.